The van der Waals surface area contributed by atoms with E-state index >= 15 is 0 Å². The summed E-state index contributed by atoms with van der Waals surface area (Å²) < 4.78 is 6.98. The van der Waals surface area contributed by atoms with E-state index in [1.165, 1.54) is 36.0 Å². The summed E-state index contributed by atoms with van der Waals surface area (Å²) in [6, 6.07) is 15.0. The van der Waals surface area contributed by atoms with Gasteiger partial charge in [0.05, 0.1) is 10.7 Å². The molecule has 2 aromatic heterocycles. The SMILES string of the molecule is Cc1cc(NC(=O)CSc2cn(CCNC(=O)c3ccc([N+](=O)[O-])cc3)c3ccccc23)no1. The third-order valence-corrected chi connectivity index (χ3v) is 6.03. The molecular weight excluding hydrogens is 458 g/mol. The maximum Gasteiger partial charge on any atom is 0.269 e. The number of fused-ring (bicyclic) bond motifs is 1. The number of nitro groups is 1. The van der Waals surface area contributed by atoms with Gasteiger partial charge in [-0.15, -0.1) is 11.8 Å². The van der Waals surface area contributed by atoms with Crippen LogP contribution in [0.2, 0.25) is 0 Å². The lowest BCUT2D eigenvalue weighted by atomic mass is 10.2. The summed E-state index contributed by atoms with van der Waals surface area (Å²) in [5, 5.41) is 21.1. The number of aryl methyl sites for hydroxylation is 1. The Kier molecular flexibility index (Phi) is 6.93. The van der Waals surface area contributed by atoms with Gasteiger partial charge in [-0.2, -0.15) is 0 Å². The quantitative estimate of drug-likeness (QED) is 0.211. The zero-order valence-corrected chi connectivity index (χ0v) is 19.0. The van der Waals surface area contributed by atoms with Crippen LogP contribution in [0.15, 0.2) is 70.2 Å². The van der Waals surface area contributed by atoms with E-state index in [0.29, 0.717) is 30.2 Å². The van der Waals surface area contributed by atoms with Crippen molar-refractivity contribution < 1.29 is 19.0 Å². The molecule has 0 aliphatic rings. The topological polar surface area (TPSA) is 132 Å². The number of nitro benzene ring substituents is 1. The molecule has 0 radical (unpaired) electrons. The van der Waals surface area contributed by atoms with Gasteiger partial charge >= 0.3 is 0 Å². The van der Waals surface area contributed by atoms with Crippen molar-refractivity contribution in [2.24, 2.45) is 0 Å². The van der Waals surface area contributed by atoms with Crippen LogP contribution >= 0.6 is 11.8 Å². The van der Waals surface area contributed by atoms with Crippen molar-refractivity contribution in [2.45, 2.75) is 18.4 Å². The van der Waals surface area contributed by atoms with Gasteiger partial charge in [-0.25, -0.2) is 0 Å². The zero-order chi connectivity index (χ0) is 24.1. The van der Waals surface area contributed by atoms with Crippen LogP contribution < -0.4 is 10.6 Å². The fourth-order valence-electron chi connectivity index (χ4n) is 3.39. The Bertz CT molecular complexity index is 1350. The van der Waals surface area contributed by atoms with Gasteiger partial charge in [0.1, 0.15) is 5.76 Å². The largest absolute Gasteiger partial charge is 0.360 e. The fraction of sp³-hybridized carbons (Fsp3) is 0.174. The lowest BCUT2D eigenvalue weighted by Crippen LogP contribution is -2.27. The van der Waals surface area contributed by atoms with Crippen LogP contribution in [0.3, 0.4) is 0 Å². The van der Waals surface area contributed by atoms with E-state index in [1.54, 1.807) is 13.0 Å². The van der Waals surface area contributed by atoms with Crippen molar-refractivity contribution >= 4 is 46.0 Å². The Balaban J connectivity index is 1.36. The first-order chi connectivity index (χ1) is 16.4. The van der Waals surface area contributed by atoms with Gasteiger partial charge in [0.2, 0.25) is 5.91 Å². The maximum absolute atomic E-state index is 12.4. The van der Waals surface area contributed by atoms with Crippen LogP contribution in [-0.2, 0) is 11.3 Å². The lowest BCUT2D eigenvalue weighted by Gasteiger charge is -2.07. The van der Waals surface area contributed by atoms with Crippen molar-refractivity contribution in [3.63, 3.8) is 0 Å². The number of anilines is 1. The van der Waals surface area contributed by atoms with E-state index in [0.717, 1.165) is 15.8 Å². The molecule has 0 aliphatic heterocycles. The van der Waals surface area contributed by atoms with Crippen LogP contribution in [0.5, 0.6) is 0 Å². The summed E-state index contributed by atoms with van der Waals surface area (Å²) in [7, 11) is 0. The number of para-hydroxylation sites is 1. The number of benzene rings is 2. The smallest absolute Gasteiger partial charge is 0.269 e. The summed E-state index contributed by atoms with van der Waals surface area (Å²) >= 11 is 1.41. The molecule has 0 atom stereocenters. The molecule has 4 aromatic rings. The summed E-state index contributed by atoms with van der Waals surface area (Å²) in [5.41, 5.74) is 1.28. The maximum atomic E-state index is 12.4. The number of hydrogen-bond donors (Lipinski definition) is 2. The normalized spacial score (nSPS) is 10.9. The van der Waals surface area contributed by atoms with Crippen LogP contribution in [0, 0.1) is 17.0 Å². The monoisotopic (exact) mass is 479 g/mol. The van der Waals surface area contributed by atoms with Crippen molar-refractivity contribution in [1.29, 1.82) is 0 Å². The number of carbonyl (C=O) groups excluding carboxylic acids is 2. The van der Waals surface area contributed by atoms with Crippen LogP contribution in [0.1, 0.15) is 16.1 Å². The van der Waals surface area contributed by atoms with Gasteiger partial charge in [0, 0.05) is 58.8 Å². The molecule has 10 nitrogen and oxygen atoms in total. The molecule has 11 heteroatoms. The molecule has 0 saturated carbocycles. The Hall–Kier alpha value is -4.12. The van der Waals surface area contributed by atoms with Crippen molar-refractivity contribution in [2.75, 3.05) is 17.6 Å². The number of thioether (sulfide) groups is 1. The Morgan fingerprint density at radius 3 is 2.65 bits per heavy atom. The highest BCUT2D eigenvalue weighted by Crippen LogP contribution is 2.30. The predicted octanol–water partition coefficient (Wildman–Crippen LogP) is 4.01. The standard InChI is InChI=1S/C23H21N5O5S/c1-15-12-21(26-33-15)25-22(29)14-34-20-13-27(19-5-3-2-4-18(19)20)11-10-24-23(30)16-6-8-17(9-7-16)28(31)32/h2-9,12-13H,10-11,14H2,1H3,(H,24,30)(H,25,26,29). The number of non-ortho nitro benzene ring substituents is 1. The minimum Gasteiger partial charge on any atom is -0.360 e. The Labute approximate surface area is 198 Å². The third kappa shape index (κ3) is 5.44. The molecule has 2 heterocycles. The van der Waals surface area contributed by atoms with Gasteiger partial charge in [-0.05, 0) is 25.1 Å². The second-order valence-corrected chi connectivity index (χ2v) is 8.44. The summed E-state index contributed by atoms with van der Waals surface area (Å²) in [6.07, 6.45) is 1.96. The minimum atomic E-state index is -0.507. The van der Waals surface area contributed by atoms with Crippen LogP contribution in [-0.4, -0.2) is 38.8 Å². The van der Waals surface area contributed by atoms with Crippen LogP contribution in [0.4, 0.5) is 11.5 Å². The molecule has 0 saturated heterocycles. The fourth-order valence-corrected chi connectivity index (χ4v) is 4.28. The second-order valence-electron chi connectivity index (χ2n) is 7.42. The van der Waals surface area contributed by atoms with E-state index in [-0.39, 0.29) is 23.3 Å². The van der Waals surface area contributed by atoms with E-state index in [1.807, 2.05) is 35.0 Å². The summed E-state index contributed by atoms with van der Waals surface area (Å²) in [6.45, 7) is 2.63. The minimum absolute atomic E-state index is 0.0646. The molecule has 0 bridgehead atoms. The zero-order valence-electron chi connectivity index (χ0n) is 18.2. The number of carbonyl (C=O) groups is 2. The van der Waals surface area contributed by atoms with E-state index < -0.39 is 4.92 Å². The number of nitrogens with one attached hydrogen (secondary N) is 2. The molecule has 174 valence electrons. The molecule has 0 unspecified atom stereocenters. The van der Waals surface area contributed by atoms with Gasteiger partial charge in [-0.3, -0.25) is 19.7 Å². The molecular formula is C23H21N5O5S. The lowest BCUT2D eigenvalue weighted by molar-refractivity contribution is -0.384. The molecule has 2 aromatic carbocycles. The molecule has 4 rings (SSSR count). The highest BCUT2D eigenvalue weighted by atomic mass is 32.2. The Morgan fingerprint density at radius 1 is 1.18 bits per heavy atom. The van der Waals surface area contributed by atoms with Gasteiger partial charge in [-0.1, -0.05) is 23.4 Å². The number of nitrogens with zero attached hydrogens (tertiary/aromatic N) is 3. The molecule has 2 amide bonds. The van der Waals surface area contributed by atoms with Crippen LogP contribution in [0.25, 0.3) is 10.9 Å². The number of amides is 2. The first kappa shape index (κ1) is 23.1. The summed E-state index contributed by atoms with van der Waals surface area (Å²) in [4.78, 5) is 35.8. The number of hydrogen-bond acceptors (Lipinski definition) is 7. The number of rotatable bonds is 9. The highest BCUT2D eigenvalue weighted by Gasteiger charge is 2.13. The van der Waals surface area contributed by atoms with Crippen molar-refractivity contribution in [3.8, 4) is 0 Å². The second kappa shape index (κ2) is 10.2. The first-order valence-corrected chi connectivity index (χ1v) is 11.4. The predicted molar refractivity (Wildman–Crippen MR) is 128 cm³/mol. The van der Waals surface area contributed by atoms with Crippen molar-refractivity contribution in [3.05, 3.63) is 82.2 Å². The third-order valence-electron chi connectivity index (χ3n) is 4.98. The Morgan fingerprint density at radius 2 is 1.94 bits per heavy atom. The molecule has 0 spiro atoms. The van der Waals surface area contributed by atoms with E-state index in [2.05, 4.69) is 15.8 Å². The van der Waals surface area contributed by atoms with Gasteiger partial charge < -0.3 is 19.7 Å². The molecule has 34 heavy (non-hydrogen) atoms. The first-order valence-electron chi connectivity index (χ1n) is 10.4. The summed E-state index contributed by atoms with van der Waals surface area (Å²) in [5.74, 6) is 0.712. The average Bonchev–Trinajstić information content (AvgIpc) is 3.40. The molecule has 2 N–H and O–H groups in total. The van der Waals surface area contributed by atoms with Gasteiger partial charge in [0.25, 0.3) is 11.6 Å². The highest BCUT2D eigenvalue weighted by molar-refractivity contribution is 8.00. The van der Waals surface area contributed by atoms with Crippen molar-refractivity contribution in [1.82, 2.24) is 15.0 Å². The van der Waals surface area contributed by atoms with E-state index in [4.69, 9.17) is 4.52 Å². The average molecular weight is 480 g/mol. The number of aromatic nitrogens is 2. The molecule has 0 fully saturated rings. The molecule has 0 aliphatic carbocycles. The van der Waals surface area contributed by atoms with E-state index in [9.17, 15) is 19.7 Å². The van der Waals surface area contributed by atoms with Gasteiger partial charge in [0.15, 0.2) is 5.82 Å².